The first-order valence-electron chi connectivity index (χ1n) is 18.1. The Kier molecular flexibility index (Phi) is 8.74. The van der Waals surface area contributed by atoms with Gasteiger partial charge in [0.1, 0.15) is 17.6 Å². The summed E-state index contributed by atoms with van der Waals surface area (Å²) in [6.07, 6.45) is 9.58. The van der Waals surface area contributed by atoms with E-state index in [0.29, 0.717) is 29.7 Å². The van der Waals surface area contributed by atoms with Crippen molar-refractivity contribution in [2.24, 2.45) is 18.0 Å². The lowest BCUT2D eigenvalue weighted by molar-refractivity contribution is -0.141. The Hall–Kier alpha value is -4.86. The van der Waals surface area contributed by atoms with E-state index in [1.807, 2.05) is 18.2 Å². The van der Waals surface area contributed by atoms with Crippen molar-refractivity contribution in [2.75, 3.05) is 43.1 Å². The van der Waals surface area contributed by atoms with Crippen LogP contribution in [0.5, 0.6) is 0 Å². The molecule has 16 heteroatoms. The number of hydrogen-bond donors (Lipinski definition) is 1. The zero-order valence-electron chi connectivity index (χ0n) is 29.3. The highest BCUT2D eigenvalue weighted by atomic mass is 19.4. The largest absolute Gasteiger partial charge is 0.437 e. The summed E-state index contributed by atoms with van der Waals surface area (Å²) in [5, 5.41) is 9.69. The molecule has 5 aliphatic rings. The molecule has 2 amide bonds. The fraction of sp³-hybridized carbons (Fsp3) is 0.528. The van der Waals surface area contributed by atoms with Crippen LogP contribution in [0, 0.1) is 5.92 Å². The van der Waals surface area contributed by atoms with E-state index in [1.165, 1.54) is 9.25 Å². The molecule has 1 atom stereocenters. The molecular weight excluding hydrogens is 677 g/mol. The summed E-state index contributed by atoms with van der Waals surface area (Å²) in [5.74, 6) is 0.292. The normalized spacial score (nSPS) is 24.3. The lowest BCUT2D eigenvalue weighted by Gasteiger charge is -2.40. The fourth-order valence-electron chi connectivity index (χ4n) is 8.75. The molecule has 52 heavy (non-hydrogen) atoms. The molecule has 13 nitrogen and oxygen atoms in total. The molecule has 3 aromatic rings. The van der Waals surface area contributed by atoms with E-state index in [1.54, 1.807) is 52.4 Å². The number of imide groups is 1. The molecule has 1 aromatic carbocycles. The number of nitrogens with one attached hydrogen (secondary N) is 1. The van der Waals surface area contributed by atoms with Crippen molar-refractivity contribution in [1.82, 2.24) is 34.1 Å². The average Bonchev–Trinajstić information content (AvgIpc) is 3.84. The average molecular weight is 721 g/mol. The van der Waals surface area contributed by atoms with Crippen LogP contribution < -0.4 is 20.9 Å². The summed E-state index contributed by atoms with van der Waals surface area (Å²) >= 11 is 0. The third kappa shape index (κ3) is 6.09. The Labute approximate surface area is 298 Å². The molecular formula is C36H43F3N10O3. The first-order chi connectivity index (χ1) is 25.0. The smallest absolute Gasteiger partial charge is 0.370 e. The number of alkyl halides is 3. The summed E-state index contributed by atoms with van der Waals surface area (Å²) in [6.45, 7) is 2.85. The van der Waals surface area contributed by atoms with Gasteiger partial charge >= 0.3 is 11.9 Å². The van der Waals surface area contributed by atoms with Crippen LogP contribution in [0.1, 0.15) is 69.1 Å². The third-order valence-electron chi connectivity index (χ3n) is 11.5. The third-order valence-corrected chi connectivity index (χ3v) is 11.5. The number of fused-ring (bicyclic) bond motifs is 2. The molecule has 8 rings (SSSR count). The van der Waals surface area contributed by atoms with E-state index in [-0.39, 0.29) is 36.3 Å². The van der Waals surface area contributed by atoms with Gasteiger partial charge in [-0.25, -0.2) is 14.8 Å². The van der Waals surface area contributed by atoms with Crippen LogP contribution in [-0.2, 0) is 22.8 Å². The minimum atomic E-state index is -4.58. The van der Waals surface area contributed by atoms with Crippen molar-refractivity contribution in [3.63, 3.8) is 0 Å². The van der Waals surface area contributed by atoms with Crippen molar-refractivity contribution in [3.8, 4) is 0 Å². The quantitative estimate of drug-likeness (QED) is 0.359. The second-order valence-corrected chi connectivity index (χ2v) is 14.6. The van der Waals surface area contributed by atoms with Crippen LogP contribution in [0.3, 0.4) is 0 Å². The number of piperidine rings is 2. The maximum absolute atomic E-state index is 14.2. The van der Waals surface area contributed by atoms with Gasteiger partial charge in [-0.2, -0.15) is 18.3 Å². The number of amides is 2. The predicted octanol–water partition coefficient (Wildman–Crippen LogP) is 4.34. The summed E-state index contributed by atoms with van der Waals surface area (Å²) in [5.41, 5.74) is 1.32. The van der Waals surface area contributed by atoms with E-state index in [9.17, 15) is 27.6 Å². The highest BCUT2D eigenvalue weighted by molar-refractivity contribution is 6.00. The van der Waals surface area contributed by atoms with Crippen LogP contribution in [0.15, 0.2) is 58.4 Å². The van der Waals surface area contributed by atoms with Gasteiger partial charge in [-0.1, -0.05) is 6.07 Å². The number of allylic oxidation sites excluding steroid dienone is 1. The number of imidazole rings is 1. The van der Waals surface area contributed by atoms with E-state index in [4.69, 9.17) is 0 Å². The van der Waals surface area contributed by atoms with Crippen LogP contribution in [0.4, 0.5) is 24.5 Å². The summed E-state index contributed by atoms with van der Waals surface area (Å²) in [7, 11) is 3.90. The van der Waals surface area contributed by atoms with E-state index >= 15 is 0 Å². The summed E-state index contributed by atoms with van der Waals surface area (Å²) in [4.78, 5) is 46.9. The molecule has 2 saturated heterocycles. The number of carbonyl (C=O) groups excluding carboxylic acids is 2. The van der Waals surface area contributed by atoms with Crippen molar-refractivity contribution in [1.29, 1.82) is 0 Å². The predicted molar refractivity (Wildman–Crippen MR) is 190 cm³/mol. The van der Waals surface area contributed by atoms with Crippen LogP contribution >= 0.6 is 0 Å². The van der Waals surface area contributed by atoms with Crippen molar-refractivity contribution in [2.45, 2.75) is 75.7 Å². The number of halogens is 3. The number of hydrogen-bond acceptors (Lipinski definition) is 9. The Bertz CT molecular complexity index is 2030. The van der Waals surface area contributed by atoms with Crippen LogP contribution in [-0.4, -0.2) is 86.1 Å². The zero-order valence-corrected chi connectivity index (χ0v) is 29.3. The van der Waals surface area contributed by atoms with Gasteiger partial charge in [0.25, 0.3) is 0 Å². The maximum Gasteiger partial charge on any atom is 0.437 e. The van der Waals surface area contributed by atoms with Gasteiger partial charge in [-0.3, -0.25) is 33.7 Å². The number of benzene rings is 1. The second-order valence-electron chi connectivity index (χ2n) is 14.6. The molecule has 6 heterocycles. The van der Waals surface area contributed by atoms with Gasteiger partial charge in [0.2, 0.25) is 11.8 Å². The van der Waals surface area contributed by atoms with Crippen molar-refractivity contribution >= 4 is 40.4 Å². The monoisotopic (exact) mass is 720 g/mol. The van der Waals surface area contributed by atoms with Crippen LogP contribution in [0.25, 0.3) is 11.0 Å². The van der Waals surface area contributed by atoms with Gasteiger partial charge in [0.15, 0.2) is 5.69 Å². The zero-order chi connectivity index (χ0) is 36.3. The number of para-hydroxylation sites is 1. The van der Waals surface area contributed by atoms with Gasteiger partial charge in [-0.05, 0) is 82.2 Å². The maximum atomic E-state index is 14.2. The Morgan fingerprint density at radius 2 is 1.77 bits per heavy atom. The van der Waals surface area contributed by atoms with Gasteiger partial charge in [-0.15, -0.1) is 0 Å². The lowest BCUT2D eigenvalue weighted by Crippen LogP contribution is -2.45. The number of nitrogens with zero attached hydrogens (tertiary/aromatic N) is 9. The SMILES string of the molecule is CN(CC1CCC(n2cc(N3CC=C4N=CC=CN43)c(C(F)(F)F)n2)CC1)C1CCN(c2cccc3c2n(C)c(=O)n3C2CCC(=O)NC2=O)CC1. The highest BCUT2D eigenvalue weighted by Crippen LogP contribution is 2.41. The molecule has 1 aliphatic carbocycles. The van der Waals surface area contributed by atoms with Crippen molar-refractivity contribution < 1.29 is 22.8 Å². The standard InChI is InChI=1S/C36H43F3N10O3/c1-43(21-23-7-9-25(10-8-23)46-22-29(33(42-46)36(37,38)39)47-20-15-30-40-16-4-17-48(30)47)24-13-18-45(19-14-24)26-5-3-6-27-32(26)44(2)35(52)49(27)28-11-12-31(50)41-34(28)51/h3-6,15-17,22-25,28H,7-14,18-21H2,1-2H3,(H,41,50,51). The fourth-order valence-corrected chi connectivity index (χ4v) is 8.75. The molecule has 0 radical (unpaired) electrons. The number of rotatable bonds is 7. The molecule has 276 valence electrons. The number of anilines is 2. The molecule has 0 spiro atoms. The first kappa shape index (κ1) is 34.2. The Morgan fingerprint density at radius 3 is 2.50 bits per heavy atom. The Morgan fingerprint density at radius 1 is 1.00 bits per heavy atom. The van der Waals surface area contributed by atoms with Crippen LogP contribution in [0.2, 0.25) is 0 Å². The highest BCUT2D eigenvalue weighted by Gasteiger charge is 2.42. The van der Waals surface area contributed by atoms with Gasteiger partial charge in [0.05, 0.1) is 35.5 Å². The van der Waals surface area contributed by atoms with E-state index in [2.05, 4.69) is 32.3 Å². The molecule has 3 fully saturated rings. The van der Waals surface area contributed by atoms with Crippen molar-refractivity contribution in [3.05, 3.63) is 64.7 Å². The number of carbonyl (C=O) groups is 2. The van der Waals surface area contributed by atoms with Gasteiger partial charge < -0.3 is 9.80 Å². The topological polar surface area (TPSA) is 116 Å². The number of hydrazine groups is 1. The Balaban J connectivity index is 0.883. The summed E-state index contributed by atoms with van der Waals surface area (Å²) in [6, 6.07) is 5.38. The molecule has 1 N–H and O–H groups in total. The molecule has 2 aromatic heterocycles. The minimum absolute atomic E-state index is 0.0408. The van der Waals surface area contributed by atoms with Gasteiger partial charge in [0, 0.05) is 51.6 Å². The number of aryl methyl sites for hydroxylation is 1. The molecule has 1 saturated carbocycles. The minimum Gasteiger partial charge on any atom is -0.370 e. The number of aromatic nitrogens is 4. The molecule has 1 unspecified atom stereocenters. The molecule has 0 bridgehead atoms. The number of aliphatic imine (C=N–C) groups is 1. The molecule has 4 aliphatic heterocycles. The lowest BCUT2D eigenvalue weighted by atomic mass is 9.85. The first-order valence-corrected chi connectivity index (χ1v) is 18.1. The summed E-state index contributed by atoms with van der Waals surface area (Å²) < 4.78 is 47.2. The van der Waals surface area contributed by atoms with E-state index < -0.39 is 23.8 Å². The second kappa shape index (κ2) is 13.3. The van der Waals surface area contributed by atoms with E-state index in [0.717, 1.165) is 69.4 Å².